The van der Waals surface area contributed by atoms with Crippen molar-refractivity contribution in [1.29, 1.82) is 0 Å². The second-order valence-corrected chi connectivity index (χ2v) is 7.11. The van der Waals surface area contributed by atoms with Gasteiger partial charge in [0.2, 0.25) is 0 Å². The molecule has 0 atom stereocenters. The smallest absolute Gasteiger partial charge is 0.345 e. The van der Waals surface area contributed by atoms with Gasteiger partial charge in [-0.05, 0) is 31.2 Å². The number of nitro groups is 1. The van der Waals surface area contributed by atoms with Gasteiger partial charge in [-0.1, -0.05) is 29.3 Å². The number of nitrogens with one attached hydrogen (secondary N) is 1. The molecule has 2 aromatic carbocycles. The van der Waals surface area contributed by atoms with Crippen LogP contribution < -0.4 is 5.32 Å². The quantitative estimate of drug-likeness (QED) is 0.235. The summed E-state index contributed by atoms with van der Waals surface area (Å²) in [6.45, 7) is 1.89. The molecule has 9 heteroatoms. The lowest BCUT2D eigenvalue weighted by atomic mass is 10.2. The molecule has 0 radical (unpaired) electrons. The van der Waals surface area contributed by atoms with Crippen LogP contribution in [-0.2, 0) is 9.53 Å². The maximum atomic E-state index is 12.0. The van der Waals surface area contributed by atoms with Crippen LogP contribution in [0, 0.1) is 17.0 Å². The monoisotopic (exact) mass is 408 g/mol. The van der Waals surface area contributed by atoms with Crippen LogP contribution in [0.15, 0.2) is 47.4 Å². The Balaban J connectivity index is 1.76. The van der Waals surface area contributed by atoms with Gasteiger partial charge in [0.05, 0.1) is 4.92 Å². The summed E-state index contributed by atoms with van der Waals surface area (Å²) >= 11 is 7.28. The van der Waals surface area contributed by atoms with Gasteiger partial charge < -0.3 is 10.1 Å². The maximum Gasteiger partial charge on any atom is 0.345 e. The van der Waals surface area contributed by atoms with E-state index in [1.807, 2.05) is 31.2 Å². The molecular weight excluding hydrogens is 392 g/mol. The van der Waals surface area contributed by atoms with E-state index in [0.29, 0.717) is 12.3 Å². The van der Waals surface area contributed by atoms with Crippen LogP contribution in [0.5, 0.6) is 0 Å². The van der Waals surface area contributed by atoms with E-state index >= 15 is 0 Å². The Morgan fingerprint density at radius 2 is 1.93 bits per heavy atom. The molecule has 0 saturated heterocycles. The van der Waals surface area contributed by atoms with Crippen LogP contribution in [0.4, 0.5) is 5.69 Å². The van der Waals surface area contributed by atoms with Crippen molar-refractivity contribution >= 4 is 40.9 Å². The molecule has 0 bridgehead atoms. The minimum absolute atomic E-state index is 0.127. The van der Waals surface area contributed by atoms with E-state index in [1.54, 1.807) is 11.8 Å². The summed E-state index contributed by atoms with van der Waals surface area (Å²) in [6.07, 6.45) is 0. The van der Waals surface area contributed by atoms with E-state index < -0.39 is 29.1 Å². The number of nitrogens with zero attached hydrogens (tertiary/aromatic N) is 1. The van der Waals surface area contributed by atoms with E-state index in [0.717, 1.165) is 11.0 Å². The van der Waals surface area contributed by atoms with E-state index in [1.165, 1.54) is 17.7 Å². The fourth-order valence-electron chi connectivity index (χ4n) is 2.08. The first-order valence-corrected chi connectivity index (χ1v) is 9.30. The first-order valence-electron chi connectivity index (χ1n) is 7.94. The van der Waals surface area contributed by atoms with Crippen molar-refractivity contribution in [3.63, 3.8) is 0 Å². The molecule has 142 valence electrons. The molecule has 0 unspecified atom stereocenters. The van der Waals surface area contributed by atoms with Gasteiger partial charge in [-0.2, -0.15) is 0 Å². The van der Waals surface area contributed by atoms with E-state index in [4.69, 9.17) is 16.3 Å². The number of amides is 1. The zero-order chi connectivity index (χ0) is 19.8. The predicted octanol–water partition coefficient (Wildman–Crippen LogP) is 3.62. The second kappa shape index (κ2) is 9.94. The summed E-state index contributed by atoms with van der Waals surface area (Å²) in [5, 5.41) is 13.7. The molecule has 2 rings (SSSR count). The van der Waals surface area contributed by atoms with E-state index in [2.05, 4.69) is 5.32 Å². The fraction of sp³-hybridized carbons (Fsp3) is 0.222. The Hall–Kier alpha value is -2.58. The molecule has 7 nitrogen and oxygen atoms in total. The summed E-state index contributed by atoms with van der Waals surface area (Å²) in [4.78, 5) is 35.1. The molecule has 0 aliphatic carbocycles. The van der Waals surface area contributed by atoms with Crippen molar-refractivity contribution in [3.05, 3.63) is 68.7 Å². The maximum absolute atomic E-state index is 12.0. The van der Waals surface area contributed by atoms with Crippen LogP contribution in [0.1, 0.15) is 15.9 Å². The first kappa shape index (κ1) is 20.7. The normalized spacial score (nSPS) is 10.3. The van der Waals surface area contributed by atoms with Gasteiger partial charge in [-0.25, -0.2) is 4.79 Å². The SMILES string of the molecule is Cc1ccc(SCCNC(=O)COC(=O)c2ccc(Cl)cc2[N+](=O)[O-])cc1. The molecule has 0 fully saturated rings. The summed E-state index contributed by atoms with van der Waals surface area (Å²) in [7, 11) is 0. The van der Waals surface area contributed by atoms with Crippen molar-refractivity contribution in [1.82, 2.24) is 5.32 Å². The number of nitro benzene ring substituents is 1. The van der Waals surface area contributed by atoms with Crippen molar-refractivity contribution in [2.45, 2.75) is 11.8 Å². The lowest BCUT2D eigenvalue weighted by Crippen LogP contribution is -2.30. The molecule has 1 amide bonds. The van der Waals surface area contributed by atoms with Crippen molar-refractivity contribution in [3.8, 4) is 0 Å². The summed E-state index contributed by atoms with van der Waals surface area (Å²) in [6, 6.07) is 11.6. The molecule has 0 aromatic heterocycles. The van der Waals surface area contributed by atoms with Gasteiger partial charge in [0.25, 0.3) is 11.6 Å². The predicted molar refractivity (Wildman–Crippen MR) is 103 cm³/mol. The Morgan fingerprint density at radius 1 is 1.22 bits per heavy atom. The molecule has 0 aliphatic heterocycles. The average molecular weight is 409 g/mol. The fourth-order valence-corrected chi connectivity index (χ4v) is 3.02. The van der Waals surface area contributed by atoms with Gasteiger partial charge in [0.1, 0.15) is 5.56 Å². The third-order valence-electron chi connectivity index (χ3n) is 3.42. The summed E-state index contributed by atoms with van der Waals surface area (Å²) in [5.41, 5.74) is 0.449. The molecule has 0 aliphatic rings. The lowest BCUT2D eigenvalue weighted by molar-refractivity contribution is -0.385. The van der Waals surface area contributed by atoms with Crippen molar-refractivity contribution < 1.29 is 19.2 Å². The molecule has 2 aromatic rings. The number of benzene rings is 2. The van der Waals surface area contributed by atoms with Crippen molar-refractivity contribution in [2.75, 3.05) is 18.9 Å². The highest BCUT2D eigenvalue weighted by atomic mass is 35.5. The average Bonchev–Trinajstić information content (AvgIpc) is 2.64. The molecule has 0 spiro atoms. The highest BCUT2D eigenvalue weighted by Gasteiger charge is 2.22. The zero-order valence-electron chi connectivity index (χ0n) is 14.4. The number of thioether (sulfide) groups is 1. The largest absolute Gasteiger partial charge is 0.452 e. The number of halogens is 1. The van der Waals surface area contributed by atoms with Crippen LogP contribution in [0.3, 0.4) is 0 Å². The number of carbonyl (C=O) groups is 2. The number of carbonyl (C=O) groups excluding carboxylic acids is 2. The van der Waals surface area contributed by atoms with E-state index in [9.17, 15) is 19.7 Å². The minimum atomic E-state index is -0.956. The molecule has 0 saturated carbocycles. The number of esters is 1. The van der Waals surface area contributed by atoms with Crippen LogP contribution >= 0.6 is 23.4 Å². The van der Waals surface area contributed by atoms with Crippen LogP contribution in [0.25, 0.3) is 0 Å². The Morgan fingerprint density at radius 3 is 2.59 bits per heavy atom. The van der Waals surface area contributed by atoms with Gasteiger partial charge in [0, 0.05) is 28.3 Å². The van der Waals surface area contributed by atoms with Crippen molar-refractivity contribution in [2.24, 2.45) is 0 Å². The van der Waals surface area contributed by atoms with Gasteiger partial charge in [-0.3, -0.25) is 14.9 Å². The van der Waals surface area contributed by atoms with Gasteiger partial charge >= 0.3 is 5.97 Å². The first-order chi connectivity index (χ1) is 12.9. The molecular formula is C18H17ClN2O5S. The topological polar surface area (TPSA) is 98.5 Å². The Labute approximate surface area is 165 Å². The second-order valence-electron chi connectivity index (χ2n) is 5.51. The number of hydrogen-bond donors (Lipinski definition) is 1. The van der Waals surface area contributed by atoms with Gasteiger partial charge in [-0.15, -0.1) is 11.8 Å². The summed E-state index contributed by atoms with van der Waals surface area (Å²) < 4.78 is 4.84. The van der Waals surface area contributed by atoms with Gasteiger partial charge in [0.15, 0.2) is 6.61 Å². The number of hydrogen-bond acceptors (Lipinski definition) is 6. The minimum Gasteiger partial charge on any atom is -0.452 e. The lowest BCUT2D eigenvalue weighted by Gasteiger charge is -2.07. The molecule has 27 heavy (non-hydrogen) atoms. The van der Waals surface area contributed by atoms with Crippen LogP contribution in [0.2, 0.25) is 5.02 Å². The number of aryl methyl sites for hydroxylation is 1. The standard InChI is InChI=1S/C18H17ClN2O5S/c1-12-2-5-14(6-3-12)27-9-8-20-17(22)11-26-18(23)15-7-4-13(19)10-16(15)21(24)25/h2-7,10H,8-9,11H2,1H3,(H,20,22). The third kappa shape index (κ3) is 6.58. The van der Waals surface area contributed by atoms with Crippen LogP contribution in [-0.4, -0.2) is 35.7 Å². The zero-order valence-corrected chi connectivity index (χ0v) is 16.0. The highest BCUT2D eigenvalue weighted by Crippen LogP contribution is 2.23. The number of rotatable bonds is 8. The Kier molecular flexibility index (Phi) is 7.63. The Bertz CT molecular complexity index is 842. The summed E-state index contributed by atoms with van der Waals surface area (Å²) in [5.74, 6) is -0.780. The van der Waals surface area contributed by atoms with E-state index in [-0.39, 0.29) is 10.6 Å². The third-order valence-corrected chi connectivity index (χ3v) is 4.67. The highest BCUT2D eigenvalue weighted by molar-refractivity contribution is 7.99. The molecule has 1 N–H and O–H groups in total. The number of ether oxygens (including phenoxy) is 1. The molecule has 0 heterocycles.